The lowest BCUT2D eigenvalue weighted by atomic mass is 9.85. The molecule has 0 bridgehead atoms. The second kappa shape index (κ2) is 6.95. The molecule has 5 nitrogen and oxygen atoms in total. The zero-order valence-corrected chi connectivity index (χ0v) is 13.3. The molecule has 1 amide bonds. The average molecular weight is 285 g/mol. The van der Waals surface area contributed by atoms with Crippen molar-refractivity contribution in [3.63, 3.8) is 0 Å². The van der Waals surface area contributed by atoms with Gasteiger partial charge in [0.1, 0.15) is 5.60 Å². The van der Waals surface area contributed by atoms with Gasteiger partial charge >= 0.3 is 12.1 Å². The Hall–Kier alpha value is -1.26. The Bertz CT molecular complexity index is 340. The van der Waals surface area contributed by atoms with Crippen molar-refractivity contribution in [3.05, 3.63) is 0 Å². The van der Waals surface area contributed by atoms with E-state index in [-0.39, 0.29) is 24.0 Å². The van der Waals surface area contributed by atoms with Crippen molar-refractivity contribution in [3.8, 4) is 0 Å². The van der Waals surface area contributed by atoms with Gasteiger partial charge in [0.05, 0.1) is 13.0 Å². The Morgan fingerprint density at radius 2 is 1.70 bits per heavy atom. The molecule has 0 radical (unpaired) electrons. The van der Waals surface area contributed by atoms with Gasteiger partial charge in [-0.3, -0.25) is 4.79 Å². The quantitative estimate of drug-likeness (QED) is 0.748. The fourth-order valence-corrected chi connectivity index (χ4v) is 2.65. The highest BCUT2D eigenvalue weighted by Gasteiger charge is 2.33. The van der Waals surface area contributed by atoms with E-state index in [1.807, 2.05) is 27.7 Å². The van der Waals surface area contributed by atoms with Gasteiger partial charge in [-0.25, -0.2) is 4.79 Å². The number of rotatable bonds is 3. The molecule has 0 N–H and O–H groups in total. The first kappa shape index (κ1) is 16.8. The summed E-state index contributed by atoms with van der Waals surface area (Å²) in [5, 5.41) is 0. The highest BCUT2D eigenvalue weighted by Crippen LogP contribution is 2.29. The summed E-state index contributed by atoms with van der Waals surface area (Å²) in [4.78, 5) is 25.5. The molecule has 0 unspecified atom stereocenters. The van der Waals surface area contributed by atoms with Crippen molar-refractivity contribution >= 4 is 12.1 Å². The SMILES string of the molecule is CCN(C(=O)OC(C)(C)C)C1CCC(C(=O)OC)CC1. The van der Waals surface area contributed by atoms with Gasteiger partial charge in [-0.05, 0) is 53.4 Å². The minimum absolute atomic E-state index is 0.0198. The molecule has 20 heavy (non-hydrogen) atoms. The fourth-order valence-electron chi connectivity index (χ4n) is 2.65. The number of carbonyl (C=O) groups is 2. The van der Waals surface area contributed by atoms with Crippen LogP contribution in [0.15, 0.2) is 0 Å². The molecule has 1 rings (SSSR count). The first-order valence-corrected chi connectivity index (χ1v) is 7.36. The lowest BCUT2D eigenvalue weighted by molar-refractivity contribution is -0.146. The van der Waals surface area contributed by atoms with Gasteiger partial charge in [0, 0.05) is 12.6 Å². The number of ether oxygens (including phenoxy) is 2. The average Bonchev–Trinajstić information content (AvgIpc) is 2.37. The standard InChI is InChI=1S/C15H27NO4/c1-6-16(14(18)20-15(2,3)4)12-9-7-11(8-10-12)13(17)19-5/h11-12H,6-10H2,1-5H3. The maximum Gasteiger partial charge on any atom is 0.410 e. The summed E-state index contributed by atoms with van der Waals surface area (Å²) < 4.78 is 10.2. The van der Waals surface area contributed by atoms with Gasteiger partial charge in [-0.2, -0.15) is 0 Å². The van der Waals surface area contributed by atoms with Crippen molar-refractivity contribution in [2.75, 3.05) is 13.7 Å². The van der Waals surface area contributed by atoms with E-state index in [2.05, 4.69) is 0 Å². The van der Waals surface area contributed by atoms with Crippen LogP contribution >= 0.6 is 0 Å². The van der Waals surface area contributed by atoms with E-state index in [1.54, 1.807) is 4.90 Å². The molecule has 0 aromatic heterocycles. The molecule has 0 saturated heterocycles. The molecule has 0 spiro atoms. The maximum absolute atomic E-state index is 12.2. The predicted molar refractivity (Wildman–Crippen MR) is 76.4 cm³/mol. The van der Waals surface area contributed by atoms with Crippen molar-refractivity contribution in [1.82, 2.24) is 4.90 Å². The Labute approximate surface area is 121 Å². The molecular weight excluding hydrogens is 258 g/mol. The molecule has 1 aliphatic rings. The fraction of sp³-hybridized carbons (Fsp3) is 0.867. The van der Waals surface area contributed by atoms with Crippen LogP contribution in [0.2, 0.25) is 0 Å². The van der Waals surface area contributed by atoms with Crippen LogP contribution in [0.5, 0.6) is 0 Å². The lowest BCUT2D eigenvalue weighted by Crippen LogP contribution is -2.45. The van der Waals surface area contributed by atoms with E-state index < -0.39 is 5.60 Å². The Balaban J connectivity index is 2.56. The molecule has 1 fully saturated rings. The maximum atomic E-state index is 12.2. The molecule has 0 aromatic carbocycles. The summed E-state index contributed by atoms with van der Waals surface area (Å²) in [6.45, 7) is 8.19. The molecular formula is C15H27NO4. The predicted octanol–water partition coefficient (Wildman–Crippen LogP) is 2.98. The Morgan fingerprint density at radius 1 is 1.15 bits per heavy atom. The Morgan fingerprint density at radius 3 is 2.10 bits per heavy atom. The van der Waals surface area contributed by atoms with E-state index in [0.29, 0.717) is 6.54 Å². The van der Waals surface area contributed by atoms with Gasteiger partial charge in [0.25, 0.3) is 0 Å². The molecule has 0 heterocycles. The summed E-state index contributed by atoms with van der Waals surface area (Å²) in [6, 6.07) is 0.163. The number of esters is 1. The summed E-state index contributed by atoms with van der Waals surface area (Å²) in [5.41, 5.74) is -0.478. The Kier molecular flexibility index (Phi) is 5.84. The molecule has 116 valence electrons. The largest absolute Gasteiger partial charge is 0.469 e. The van der Waals surface area contributed by atoms with Crippen molar-refractivity contribution < 1.29 is 19.1 Å². The van der Waals surface area contributed by atoms with E-state index in [4.69, 9.17) is 9.47 Å². The van der Waals surface area contributed by atoms with Crippen molar-refractivity contribution in [2.24, 2.45) is 5.92 Å². The van der Waals surface area contributed by atoms with E-state index in [0.717, 1.165) is 25.7 Å². The smallest absolute Gasteiger partial charge is 0.410 e. The van der Waals surface area contributed by atoms with E-state index in [1.165, 1.54) is 7.11 Å². The summed E-state index contributed by atoms with van der Waals surface area (Å²) in [5.74, 6) is -0.155. The van der Waals surface area contributed by atoms with Crippen LogP contribution in [0.25, 0.3) is 0 Å². The van der Waals surface area contributed by atoms with E-state index in [9.17, 15) is 9.59 Å². The van der Waals surface area contributed by atoms with Crippen LogP contribution in [-0.4, -0.2) is 42.3 Å². The number of hydrogen-bond acceptors (Lipinski definition) is 4. The van der Waals surface area contributed by atoms with Gasteiger partial charge in [0.2, 0.25) is 0 Å². The summed E-state index contributed by atoms with van der Waals surface area (Å²) in [6.07, 6.45) is 2.94. The van der Waals surface area contributed by atoms with Gasteiger partial charge < -0.3 is 14.4 Å². The molecule has 5 heteroatoms. The third-order valence-electron chi connectivity index (χ3n) is 3.64. The van der Waals surface area contributed by atoms with Crippen LogP contribution in [0, 0.1) is 5.92 Å². The second-order valence-electron chi connectivity index (χ2n) is 6.29. The third kappa shape index (κ3) is 4.69. The van der Waals surface area contributed by atoms with Crippen LogP contribution in [0.1, 0.15) is 53.4 Å². The van der Waals surface area contributed by atoms with Gasteiger partial charge in [-0.15, -0.1) is 0 Å². The summed E-state index contributed by atoms with van der Waals surface area (Å²) in [7, 11) is 1.42. The van der Waals surface area contributed by atoms with Crippen LogP contribution in [0.3, 0.4) is 0 Å². The highest BCUT2D eigenvalue weighted by molar-refractivity contribution is 5.72. The zero-order valence-electron chi connectivity index (χ0n) is 13.3. The lowest BCUT2D eigenvalue weighted by Gasteiger charge is -2.36. The van der Waals surface area contributed by atoms with Crippen LogP contribution < -0.4 is 0 Å². The number of carbonyl (C=O) groups excluding carboxylic acids is 2. The highest BCUT2D eigenvalue weighted by atomic mass is 16.6. The van der Waals surface area contributed by atoms with Crippen LogP contribution in [-0.2, 0) is 14.3 Å². The van der Waals surface area contributed by atoms with Crippen molar-refractivity contribution in [1.29, 1.82) is 0 Å². The molecule has 0 atom stereocenters. The first-order chi connectivity index (χ1) is 9.28. The minimum atomic E-state index is -0.478. The number of methoxy groups -OCH3 is 1. The normalized spacial score (nSPS) is 23.1. The van der Waals surface area contributed by atoms with E-state index >= 15 is 0 Å². The van der Waals surface area contributed by atoms with Gasteiger partial charge in [-0.1, -0.05) is 0 Å². The number of hydrogen-bond donors (Lipinski definition) is 0. The first-order valence-electron chi connectivity index (χ1n) is 7.36. The third-order valence-corrected chi connectivity index (χ3v) is 3.64. The molecule has 0 aliphatic heterocycles. The molecule has 1 saturated carbocycles. The molecule has 0 aromatic rings. The van der Waals surface area contributed by atoms with Gasteiger partial charge in [0.15, 0.2) is 0 Å². The monoisotopic (exact) mass is 285 g/mol. The van der Waals surface area contributed by atoms with Crippen molar-refractivity contribution in [2.45, 2.75) is 65.0 Å². The number of amides is 1. The number of nitrogens with zero attached hydrogens (tertiary/aromatic N) is 1. The van der Waals surface area contributed by atoms with Crippen LogP contribution in [0.4, 0.5) is 4.79 Å². The summed E-state index contributed by atoms with van der Waals surface area (Å²) >= 11 is 0. The minimum Gasteiger partial charge on any atom is -0.469 e. The molecule has 1 aliphatic carbocycles. The zero-order chi connectivity index (χ0) is 15.3. The topological polar surface area (TPSA) is 55.8 Å². The second-order valence-corrected chi connectivity index (χ2v) is 6.29.